The first kappa shape index (κ1) is 23.3. The predicted molar refractivity (Wildman–Crippen MR) is 129 cm³/mol. The van der Waals surface area contributed by atoms with Gasteiger partial charge in [-0.15, -0.1) is 0 Å². The van der Waals surface area contributed by atoms with Crippen molar-refractivity contribution in [2.45, 2.75) is 69.7 Å². The van der Waals surface area contributed by atoms with Crippen molar-refractivity contribution in [3.8, 4) is 0 Å². The van der Waals surface area contributed by atoms with E-state index in [2.05, 4.69) is 29.0 Å². The number of ether oxygens (including phenoxy) is 1. The largest absolute Gasteiger partial charge is 0.369 e. The predicted octanol–water partition coefficient (Wildman–Crippen LogP) is 1.83. The van der Waals surface area contributed by atoms with Crippen molar-refractivity contribution < 1.29 is 19.1 Å². The van der Waals surface area contributed by atoms with Crippen LogP contribution in [0.5, 0.6) is 0 Å². The van der Waals surface area contributed by atoms with Gasteiger partial charge < -0.3 is 19.9 Å². The average Bonchev–Trinajstić information content (AvgIpc) is 3.58. The third kappa shape index (κ3) is 4.22. The van der Waals surface area contributed by atoms with E-state index in [4.69, 9.17) is 4.74 Å². The molecular weight excluding hydrogens is 432 g/mol. The van der Waals surface area contributed by atoms with Crippen LogP contribution in [0.1, 0.15) is 56.3 Å². The molecule has 3 saturated heterocycles. The second kappa shape index (κ2) is 9.30. The van der Waals surface area contributed by atoms with E-state index in [-0.39, 0.29) is 30.3 Å². The van der Waals surface area contributed by atoms with Crippen molar-refractivity contribution >= 4 is 23.3 Å². The number of rotatable bonds is 5. The second-order valence-electron chi connectivity index (χ2n) is 10.5. The fourth-order valence-electron chi connectivity index (χ4n) is 6.08. The topological polar surface area (TPSA) is 82.2 Å². The molecule has 184 valence electrons. The van der Waals surface area contributed by atoms with E-state index < -0.39 is 11.6 Å². The Kier molecular flexibility index (Phi) is 6.37. The fourth-order valence-corrected chi connectivity index (χ4v) is 6.08. The summed E-state index contributed by atoms with van der Waals surface area (Å²) in [5, 5.41) is 3.09. The van der Waals surface area contributed by atoms with Gasteiger partial charge in [0.15, 0.2) is 5.78 Å². The molecule has 5 rings (SSSR count). The van der Waals surface area contributed by atoms with Crippen molar-refractivity contribution in [1.82, 2.24) is 15.1 Å². The van der Waals surface area contributed by atoms with Gasteiger partial charge in [0.25, 0.3) is 5.91 Å². The van der Waals surface area contributed by atoms with Crippen molar-refractivity contribution in [3.05, 3.63) is 29.8 Å². The van der Waals surface area contributed by atoms with Crippen LogP contribution >= 0.6 is 0 Å². The Labute approximate surface area is 201 Å². The monoisotopic (exact) mass is 468 g/mol. The molecule has 8 nitrogen and oxygen atoms in total. The highest BCUT2D eigenvalue weighted by Gasteiger charge is 2.53. The van der Waals surface area contributed by atoms with E-state index in [0.29, 0.717) is 37.4 Å². The van der Waals surface area contributed by atoms with Crippen LogP contribution in [0.25, 0.3) is 0 Å². The first-order chi connectivity index (χ1) is 16.4. The molecule has 1 aliphatic carbocycles. The molecule has 1 saturated carbocycles. The van der Waals surface area contributed by atoms with Crippen LogP contribution in [0.3, 0.4) is 0 Å². The Balaban J connectivity index is 1.26. The number of hydrogen-bond donors (Lipinski definition) is 1. The number of benzene rings is 1. The Morgan fingerprint density at radius 2 is 1.71 bits per heavy atom. The van der Waals surface area contributed by atoms with Gasteiger partial charge in [0, 0.05) is 50.0 Å². The van der Waals surface area contributed by atoms with E-state index in [0.717, 1.165) is 44.7 Å². The number of ketones is 1. The number of fused-ring (bicyclic) bond motifs is 1. The minimum Gasteiger partial charge on any atom is -0.369 e. The molecule has 0 aromatic heterocycles. The summed E-state index contributed by atoms with van der Waals surface area (Å²) in [4.78, 5) is 45.7. The molecule has 1 N–H and O–H groups in total. The zero-order valence-corrected chi connectivity index (χ0v) is 20.3. The van der Waals surface area contributed by atoms with E-state index in [1.54, 1.807) is 4.90 Å². The standard InChI is InChI=1S/C26H36N4O4/c1-18(2)28-13-15-29(16-14-28)20-7-5-19(6-8-20)24(32)27-26(10-3-4-11-26)25(33)30-12-9-22-23(30)21(31)17-34-22/h5-8,18,22-23H,3-4,9-17H2,1-2H3,(H,27,32)/t22-,23-/m1/s1. The van der Waals surface area contributed by atoms with Crippen LogP contribution in [-0.2, 0) is 14.3 Å². The summed E-state index contributed by atoms with van der Waals surface area (Å²) in [6.45, 7) is 9.07. The summed E-state index contributed by atoms with van der Waals surface area (Å²) in [6.07, 6.45) is 3.48. The lowest BCUT2D eigenvalue weighted by molar-refractivity contribution is -0.142. The maximum Gasteiger partial charge on any atom is 0.252 e. The normalized spacial score (nSPS) is 26.9. The number of nitrogens with zero attached hydrogens (tertiary/aromatic N) is 3. The van der Waals surface area contributed by atoms with Crippen molar-refractivity contribution in [2.75, 3.05) is 44.2 Å². The van der Waals surface area contributed by atoms with Crippen LogP contribution in [0, 0.1) is 0 Å². The lowest BCUT2D eigenvalue weighted by Gasteiger charge is -2.38. The van der Waals surface area contributed by atoms with Crippen LogP contribution in [0.2, 0.25) is 0 Å². The first-order valence-corrected chi connectivity index (χ1v) is 12.7. The minimum absolute atomic E-state index is 0.0276. The fraction of sp³-hybridized carbons (Fsp3) is 0.654. The van der Waals surface area contributed by atoms with Crippen LogP contribution in [0.15, 0.2) is 24.3 Å². The summed E-state index contributed by atoms with van der Waals surface area (Å²) in [7, 11) is 0. The van der Waals surface area contributed by atoms with Gasteiger partial charge in [0.05, 0.1) is 6.10 Å². The zero-order valence-electron chi connectivity index (χ0n) is 20.3. The van der Waals surface area contributed by atoms with Crippen molar-refractivity contribution in [2.24, 2.45) is 0 Å². The highest BCUT2D eigenvalue weighted by molar-refractivity contribution is 6.01. The highest BCUT2D eigenvalue weighted by Crippen LogP contribution is 2.36. The van der Waals surface area contributed by atoms with Crippen molar-refractivity contribution in [1.29, 1.82) is 0 Å². The SMILES string of the molecule is CC(C)N1CCN(c2ccc(C(=O)NC3(C(=O)N4CC[C@H]5OCC(=O)[C@H]54)CCCC3)cc2)CC1. The van der Waals surface area contributed by atoms with Crippen LogP contribution in [0.4, 0.5) is 5.69 Å². The third-order valence-electron chi connectivity index (χ3n) is 8.13. The maximum atomic E-state index is 13.7. The molecule has 0 unspecified atom stereocenters. The number of carbonyl (C=O) groups excluding carboxylic acids is 3. The number of hydrogen-bond acceptors (Lipinski definition) is 6. The molecule has 4 fully saturated rings. The lowest BCUT2D eigenvalue weighted by atomic mass is 9.93. The van der Waals surface area contributed by atoms with Gasteiger partial charge in [-0.3, -0.25) is 19.3 Å². The van der Waals surface area contributed by atoms with Gasteiger partial charge in [-0.25, -0.2) is 0 Å². The molecule has 0 bridgehead atoms. The third-order valence-corrected chi connectivity index (χ3v) is 8.13. The van der Waals surface area contributed by atoms with E-state index in [1.165, 1.54) is 0 Å². The first-order valence-electron chi connectivity index (χ1n) is 12.7. The molecule has 2 atom stereocenters. The van der Waals surface area contributed by atoms with E-state index >= 15 is 0 Å². The van der Waals surface area contributed by atoms with Gasteiger partial charge in [0.1, 0.15) is 18.2 Å². The quantitative estimate of drug-likeness (QED) is 0.710. The maximum absolute atomic E-state index is 13.7. The van der Waals surface area contributed by atoms with E-state index in [9.17, 15) is 14.4 Å². The Morgan fingerprint density at radius 3 is 2.35 bits per heavy atom. The summed E-state index contributed by atoms with van der Waals surface area (Å²) in [5.74, 6) is -0.374. The molecule has 4 aliphatic rings. The smallest absolute Gasteiger partial charge is 0.252 e. The zero-order chi connectivity index (χ0) is 23.9. The molecule has 8 heteroatoms. The summed E-state index contributed by atoms with van der Waals surface area (Å²) in [5.41, 5.74) is 0.749. The number of likely N-dealkylation sites (tertiary alicyclic amines) is 1. The number of anilines is 1. The highest BCUT2D eigenvalue weighted by atomic mass is 16.5. The van der Waals surface area contributed by atoms with Gasteiger partial charge >= 0.3 is 0 Å². The molecule has 2 amide bonds. The molecule has 3 heterocycles. The average molecular weight is 469 g/mol. The van der Waals surface area contributed by atoms with E-state index in [1.807, 2.05) is 24.3 Å². The number of carbonyl (C=O) groups is 3. The van der Waals surface area contributed by atoms with Gasteiger partial charge in [-0.1, -0.05) is 12.8 Å². The molecule has 3 aliphatic heterocycles. The van der Waals surface area contributed by atoms with Gasteiger partial charge in [-0.05, 0) is 57.4 Å². The molecule has 1 aromatic carbocycles. The Hall–Kier alpha value is -2.45. The minimum atomic E-state index is -0.930. The summed E-state index contributed by atoms with van der Waals surface area (Å²) < 4.78 is 5.56. The van der Waals surface area contributed by atoms with Gasteiger partial charge in [-0.2, -0.15) is 0 Å². The molecule has 1 aromatic rings. The van der Waals surface area contributed by atoms with Crippen molar-refractivity contribution in [3.63, 3.8) is 0 Å². The number of piperazine rings is 1. The lowest BCUT2D eigenvalue weighted by Crippen LogP contribution is -2.60. The molecule has 0 spiro atoms. The second-order valence-corrected chi connectivity index (χ2v) is 10.5. The van der Waals surface area contributed by atoms with Crippen LogP contribution < -0.4 is 10.2 Å². The summed E-state index contributed by atoms with van der Waals surface area (Å²) >= 11 is 0. The number of Topliss-reactive ketones (excluding diaryl/α,β-unsaturated/α-hetero) is 1. The molecule has 34 heavy (non-hydrogen) atoms. The number of nitrogens with one attached hydrogen (secondary N) is 1. The summed E-state index contributed by atoms with van der Waals surface area (Å²) in [6, 6.07) is 7.78. The molecule has 0 radical (unpaired) electrons. The Morgan fingerprint density at radius 1 is 1.03 bits per heavy atom. The Bertz CT molecular complexity index is 933. The van der Waals surface area contributed by atoms with Crippen LogP contribution in [-0.4, -0.2) is 90.5 Å². The van der Waals surface area contributed by atoms with Gasteiger partial charge in [0.2, 0.25) is 5.91 Å². The molecular formula is C26H36N4O4. The number of amides is 2.